The van der Waals surface area contributed by atoms with Crippen LogP contribution in [0.1, 0.15) is 0 Å². The van der Waals surface area contributed by atoms with E-state index in [1.165, 1.54) is 0 Å². The summed E-state index contributed by atoms with van der Waals surface area (Å²) in [5, 5.41) is 11.1. The first-order chi connectivity index (χ1) is 9.26. The monoisotopic (exact) mass is 269 g/mol. The van der Waals surface area contributed by atoms with Gasteiger partial charge >= 0.3 is 0 Å². The second-order valence-electron chi connectivity index (χ2n) is 3.65. The number of carbonyl (C=O) groups is 1. The molecule has 1 aromatic carbocycles. The van der Waals surface area contributed by atoms with Crippen molar-refractivity contribution in [2.45, 2.75) is 0 Å². The molecular formula is C13H19NO5. The average Bonchev–Trinajstić information content (AvgIpc) is 2.45. The predicted molar refractivity (Wildman–Crippen MR) is 69.4 cm³/mol. The van der Waals surface area contributed by atoms with E-state index in [0.717, 1.165) is 0 Å². The highest BCUT2D eigenvalue weighted by molar-refractivity contribution is 5.77. The summed E-state index contributed by atoms with van der Waals surface area (Å²) in [6.45, 7) is 0.946. The van der Waals surface area contributed by atoms with E-state index < -0.39 is 0 Å². The number of aliphatic hydroxyl groups excluding tert-OH is 1. The topological polar surface area (TPSA) is 77.0 Å². The number of benzene rings is 1. The lowest BCUT2D eigenvalue weighted by Crippen LogP contribution is -2.31. The van der Waals surface area contributed by atoms with Crippen molar-refractivity contribution in [3.05, 3.63) is 24.3 Å². The highest BCUT2D eigenvalue weighted by Crippen LogP contribution is 2.18. The molecule has 19 heavy (non-hydrogen) atoms. The van der Waals surface area contributed by atoms with Crippen LogP contribution in [0, 0.1) is 0 Å². The number of carbonyl (C=O) groups excluding carboxylic acids is 1. The molecule has 6 nitrogen and oxygen atoms in total. The molecule has 0 saturated heterocycles. The molecule has 0 spiro atoms. The van der Waals surface area contributed by atoms with E-state index in [1.807, 2.05) is 0 Å². The largest absolute Gasteiger partial charge is 0.497 e. The number of aliphatic hydroxyl groups is 1. The van der Waals surface area contributed by atoms with Gasteiger partial charge in [0.25, 0.3) is 5.91 Å². The minimum Gasteiger partial charge on any atom is -0.497 e. The third-order valence-corrected chi connectivity index (χ3v) is 2.22. The number of amides is 1. The van der Waals surface area contributed by atoms with Crippen molar-refractivity contribution in [1.82, 2.24) is 5.32 Å². The molecule has 1 rings (SSSR count). The molecule has 0 aromatic heterocycles. The zero-order valence-corrected chi connectivity index (χ0v) is 10.9. The van der Waals surface area contributed by atoms with Crippen LogP contribution in [0.15, 0.2) is 24.3 Å². The molecule has 0 aliphatic heterocycles. The molecule has 1 amide bonds. The molecule has 0 heterocycles. The Morgan fingerprint density at radius 2 is 2.11 bits per heavy atom. The first-order valence-electron chi connectivity index (χ1n) is 5.98. The summed E-state index contributed by atoms with van der Waals surface area (Å²) in [6.07, 6.45) is 0. The van der Waals surface area contributed by atoms with Gasteiger partial charge in [0.2, 0.25) is 0 Å². The number of hydrogen-bond acceptors (Lipinski definition) is 5. The van der Waals surface area contributed by atoms with E-state index in [4.69, 9.17) is 19.3 Å². The normalized spacial score (nSPS) is 10.0. The minimum atomic E-state index is -0.226. The molecule has 2 N–H and O–H groups in total. The van der Waals surface area contributed by atoms with Gasteiger partial charge in [-0.25, -0.2) is 0 Å². The van der Waals surface area contributed by atoms with Crippen molar-refractivity contribution < 1.29 is 24.1 Å². The van der Waals surface area contributed by atoms with Crippen molar-refractivity contribution in [2.75, 3.05) is 40.1 Å². The summed E-state index contributed by atoms with van der Waals surface area (Å²) in [6, 6.07) is 7.04. The summed E-state index contributed by atoms with van der Waals surface area (Å²) in [4.78, 5) is 11.4. The van der Waals surface area contributed by atoms with Gasteiger partial charge in [0, 0.05) is 12.6 Å². The molecule has 0 radical (unpaired) electrons. The van der Waals surface area contributed by atoms with Gasteiger partial charge in [-0.3, -0.25) is 4.79 Å². The maximum absolute atomic E-state index is 11.4. The highest BCUT2D eigenvalue weighted by Gasteiger charge is 2.02. The van der Waals surface area contributed by atoms with E-state index in [1.54, 1.807) is 31.4 Å². The molecule has 1 aromatic rings. The fourth-order valence-electron chi connectivity index (χ4n) is 1.32. The van der Waals surface area contributed by atoms with Gasteiger partial charge in [-0.1, -0.05) is 6.07 Å². The van der Waals surface area contributed by atoms with Crippen LogP contribution >= 0.6 is 0 Å². The van der Waals surface area contributed by atoms with Gasteiger partial charge in [-0.2, -0.15) is 0 Å². The molecule has 0 fully saturated rings. The number of ether oxygens (including phenoxy) is 3. The number of nitrogens with one attached hydrogen (secondary N) is 1. The first kappa shape index (κ1) is 15.3. The molecule has 0 bridgehead atoms. The number of hydrogen-bond donors (Lipinski definition) is 2. The lowest BCUT2D eigenvalue weighted by molar-refractivity contribution is -0.123. The van der Waals surface area contributed by atoms with Crippen LogP contribution in [0.2, 0.25) is 0 Å². The summed E-state index contributed by atoms with van der Waals surface area (Å²) < 4.78 is 15.4. The minimum absolute atomic E-state index is 0.0209. The SMILES string of the molecule is COc1cccc(OCC(=O)NCCOCCO)c1. The molecular weight excluding hydrogens is 250 g/mol. The van der Waals surface area contributed by atoms with Gasteiger partial charge in [-0.15, -0.1) is 0 Å². The third-order valence-electron chi connectivity index (χ3n) is 2.22. The Morgan fingerprint density at radius 3 is 2.84 bits per heavy atom. The quantitative estimate of drug-likeness (QED) is 0.626. The highest BCUT2D eigenvalue weighted by atomic mass is 16.5. The first-order valence-corrected chi connectivity index (χ1v) is 5.98. The smallest absolute Gasteiger partial charge is 0.258 e. The molecule has 0 unspecified atom stereocenters. The Kier molecular flexibility index (Phi) is 7.38. The maximum atomic E-state index is 11.4. The Morgan fingerprint density at radius 1 is 1.32 bits per heavy atom. The van der Waals surface area contributed by atoms with Crippen molar-refractivity contribution in [2.24, 2.45) is 0 Å². The van der Waals surface area contributed by atoms with Gasteiger partial charge < -0.3 is 24.6 Å². The Hall–Kier alpha value is -1.79. The average molecular weight is 269 g/mol. The zero-order valence-electron chi connectivity index (χ0n) is 10.9. The Balaban J connectivity index is 2.18. The zero-order chi connectivity index (χ0) is 13.9. The lowest BCUT2D eigenvalue weighted by atomic mass is 10.3. The van der Waals surface area contributed by atoms with Gasteiger partial charge in [0.15, 0.2) is 6.61 Å². The van der Waals surface area contributed by atoms with Crippen LogP contribution in [0.4, 0.5) is 0 Å². The van der Waals surface area contributed by atoms with Crippen molar-refractivity contribution in [3.8, 4) is 11.5 Å². The Labute approximate surface area is 112 Å². The lowest BCUT2D eigenvalue weighted by Gasteiger charge is -2.08. The van der Waals surface area contributed by atoms with Crippen LogP contribution in [0.3, 0.4) is 0 Å². The second kappa shape index (κ2) is 9.18. The fourth-order valence-corrected chi connectivity index (χ4v) is 1.32. The van der Waals surface area contributed by atoms with Crippen molar-refractivity contribution >= 4 is 5.91 Å². The van der Waals surface area contributed by atoms with Crippen LogP contribution in [-0.2, 0) is 9.53 Å². The Bertz CT molecular complexity index is 383. The standard InChI is InChI=1S/C13H19NO5/c1-17-11-3-2-4-12(9-11)19-10-13(16)14-5-7-18-8-6-15/h2-4,9,15H,5-8,10H2,1H3,(H,14,16). The summed E-state index contributed by atoms with van der Waals surface area (Å²) in [5.41, 5.74) is 0. The van der Waals surface area contributed by atoms with Crippen LogP contribution in [0.25, 0.3) is 0 Å². The fraction of sp³-hybridized carbons (Fsp3) is 0.462. The second-order valence-corrected chi connectivity index (χ2v) is 3.65. The van der Waals surface area contributed by atoms with Crippen molar-refractivity contribution in [3.63, 3.8) is 0 Å². The maximum Gasteiger partial charge on any atom is 0.258 e. The van der Waals surface area contributed by atoms with E-state index in [-0.39, 0.29) is 25.7 Å². The molecule has 0 atom stereocenters. The third kappa shape index (κ3) is 6.64. The molecule has 0 saturated carbocycles. The molecule has 106 valence electrons. The van der Waals surface area contributed by atoms with E-state index in [2.05, 4.69) is 5.32 Å². The van der Waals surface area contributed by atoms with E-state index in [9.17, 15) is 4.79 Å². The van der Waals surface area contributed by atoms with Gasteiger partial charge in [0.05, 0.1) is 26.9 Å². The summed E-state index contributed by atoms with van der Waals surface area (Å²) >= 11 is 0. The van der Waals surface area contributed by atoms with Gasteiger partial charge in [-0.05, 0) is 12.1 Å². The van der Waals surface area contributed by atoms with Crippen LogP contribution in [-0.4, -0.2) is 51.1 Å². The summed E-state index contributed by atoms with van der Waals surface area (Å²) in [5.74, 6) is 1.02. The predicted octanol–water partition coefficient (Wildman–Crippen LogP) is 0.199. The summed E-state index contributed by atoms with van der Waals surface area (Å²) in [7, 11) is 1.57. The van der Waals surface area contributed by atoms with E-state index in [0.29, 0.717) is 24.7 Å². The molecule has 6 heteroatoms. The van der Waals surface area contributed by atoms with Gasteiger partial charge in [0.1, 0.15) is 11.5 Å². The van der Waals surface area contributed by atoms with E-state index >= 15 is 0 Å². The molecule has 0 aliphatic carbocycles. The van der Waals surface area contributed by atoms with Crippen LogP contribution < -0.4 is 14.8 Å². The molecule has 0 aliphatic rings. The van der Waals surface area contributed by atoms with Crippen LogP contribution in [0.5, 0.6) is 11.5 Å². The van der Waals surface area contributed by atoms with Crippen molar-refractivity contribution in [1.29, 1.82) is 0 Å². The number of methoxy groups -OCH3 is 1. The number of rotatable bonds is 9.